The van der Waals surface area contributed by atoms with Crippen LogP contribution in [-0.4, -0.2) is 49.5 Å². The first-order valence-corrected chi connectivity index (χ1v) is 9.73. The van der Waals surface area contributed by atoms with Crippen molar-refractivity contribution in [3.63, 3.8) is 0 Å². The summed E-state index contributed by atoms with van der Waals surface area (Å²) in [6.45, 7) is 2.78. The van der Waals surface area contributed by atoms with Crippen LogP contribution in [0.25, 0.3) is 0 Å². The second-order valence-electron chi connectivity index (χ2n) is 6.92. The first-order chi connectivity index (χ1) is 13.7. The van der Waals surface area contributed by atoms with Gasteiger partial charge in [-0.05, 0) is 50.2 Å². The third kappa shape index (κ3) is 6.39. The van der Waals surface area contributed by atoms with Gasteiger partial charge in [0.05, 0.1) is 13.1 Å². The second kappa shape index (κ2) is 10.5. The smallest absolute Gasteiger partial charge is 0.234 e. The maximum atomic E-state index is 12.4. The van der Waals surface area contributed by atoms with Gasteiger partial charge in [0.2, 0.25) is 11.8 Å². The molecule has 0 radical (unpaired) electrons. The molecule has 0 unspecified atom stereocenters. The Morgan fingerprint density at radius 1 is 0.964 bits per heavy atom. The van der Waals surface area contributed by atoms with Crippen molar-refractivity contribution >= 4 is 17.5 Å². The summed E-state index contributed by atoms with van der Waals surface area (Å²) in [6, 6.07) is 19.0. The minimum atomic E-state index is -0.0103. The number of piperidine rings is 1. The third-order valence-electron chi connectivity index (χ3n) is 4.80. The number of hydrogen-bond acceptors (Lipinski definition) is 4. The van der Waals surface area contributed by atoms with Gasteiger partial charge in [0, 0.05) is 11.6 Å². The third-order valence-corrected chi connectivity index (χ3v) is 4.80. The standard InChI is InChI=1S/C22H27N3O3/c26-21(23-13-16-28-20-9-5-2-6-10-20)17-25-14-11-18(12-15-25)22(27)24-19-7-3-1-4-8-19/h1-10,18H,11-17H2,(H,23,26)(H,24,27). The van der Waals surface area contributed by atoms with Gasteiger partial charge in [-0.15, -0.1) is 0 Å². The molecule has 6 nitrogen and oxygen atoms in total. The SMILES string of the molecule is O=C(CN1CCC(C(=O)Nc2ccccc2)CC1)NCCOc1ccccc1. The molecule has 1 fully saturated rings. The van der Waals surface area contributed by atoms with Gasteiger partial charge in [0.25, 0.3) is 0 Å². The molecular weight excluding hydrogens is 354 g/mol. The van der Waals surface area contributed by atoms with E-state index in [1.807, 2.05) is 60.7 Å². The number of likely N-dealkylation sites (tertiary alicyclic amines) is 1. The van der Waals surface area contributed by atoms with Crippen molar-refractivity contribution in [2.45, 2.75) is 12.8 Å². The zero-order chi connectivity index (χ0) is 19.6. The van der Waals surface area contributed by atoms with E-state index in [-0.39, 0.29) is 17.7 Å². The Kier molecular flexibility index (Phi) is 7.44. The number of nitrogens with zero attached hydrogens (tertiary/aromatic N) is 1. The zero-order valence-corrected chi connectivity index (χ0v) is 16.0. The zero-order valence-electron chi connectivity index (χ0n) is 16.0. The Hall–Kier alpha value is -2.86. The monoisotopic (exact) mass is 381 g/mol. The number of amides is 2. The Morgan fingerprint density at radius 2 is 1.61 bits per heavy atom. The molecule has 0 aromatic heterocycles. The van der Waals surface area contributed by atoms with Crippen molar-refractivity contribution in [2.24, 2.45) is 5.92 Å². The van der Waals surface area contributed by atoms with Gasteiger partial charge in [-0.25, -0.2) is 0 Å². The molecule has 2 amide bonds. The normalized spacial score (nSPS) is 15.0. The highest BCUT2D eigenvalue weighted by Gasteiger charge is 2.25. The lowest BCUT2D eigenvalue weighted by Gasteiger charge is -2.30. The molecule has 2 N–H and O–H groups in total. The fourth-order valence-corrected chi connectivity index (χ4v) is 3.25. The van der Waals surface area contributed by atoms with E-state index in [0.29, 0.717) is 19.7 Å². The number of nitrogens with one attached hydrogen (secondary N) is 2. The minimum absolute atomic E-state index is 0.00112. The van der Waals surface area contributed by atoms with Gasteiger partial charge in [-0.3, -0.25) is 14.5 Å². The van der Waals surface area contributed by atoms with Crippen LogP contribution in [0.15, 0.2) is 60.7 Å². The number of rotatable bonds is 8. The average molecular weight is 381 g/mol. The second-order valence-corrected chi connectivity index (χ2v) is 6.92. The molecule has 0 spiro atoms. The molecule has 1 aliphatic rings. The van der Waals surface area contributed by atoms with E-state index < -0.39 is 0 Å². The Bertz CT molecular complexity index is 744. The maximum Gasteiger partial charge on any atom is 0.234 e. The quantitative estimate of drug-likeness (QED) is 0.690. The number of carbonyl (C=O) groups excluding carboxylic acids is 2. The molecule has 148 valence electrons. The summed E-state index contributed by atoms with van der Waals surface area (Å²) < 4.78 is 5.56. The van der Waals surface area contributed by atoms with E-state index in [1.54, 1.807) is 0 Å². The lowest BCUT2D eigenvalue weighted by Crippen LogP contribution is -2.44. The molecule has 3 rings (SSSR count). The van der Waals surface area contributed by atoms with Gasteiger partial charge in [-0.1, -0.05) is 36.4 Å². The fraction of sp³-hybridized carbons (Fsp3) is 0.364. The van der Waals surface area contributed by atoms with Crippen LogP contribution in [0, 0.1) is 5.92 Å². The molecule has 1 saturated heterocycles. The predicted molar refractivity (Wildman–Crippen MR) is 109 cm³/mol. The molecule has 28 heavy (non-hydrogen) atoms. The van der Waals surface area contributed by atoms with Crippen LogP contribution >= 0.6 is 0 Å². The highest BCUT2D eigenvalue weighted by molar-refractivity contribution is 5.92. The van der Waals surface area contributed by atoms with Crippen LogP contribution in [0.2, 0.25) is 0 Å². The van der Waals surface area contributed by atoms with Crippen LogP contribution in [0.5, 0.6) is 5.75 Å². The molecule has 6 heteroatoms. The minimum Gasteiger partial charge on any atom is -0.492 e. The first-order valence-electron chi connectivity index (χ1n) is 9.73. The molecule has 2 aromatic carbocycles. The fourth-order valence-electron chi connectivity index (χ4n) is 3.25. The Balaban J connectivity index is 1.30. The molecule has 0 saturated carbocycles. The van der Waals surface area contributed by atoms with Gasteiger partial charge < -0.3 is 15.4 Å². The lowest BCUT2D eigenvalue weighted by molar-refractivity contribution is -0.123. The van der Waals surface area contributed by atoms with E-state index >= 15 is 0 Å². The number of carbonyl (C=O) groups is 2. The lowest BCUT2D eigenvalue weighted by atomic mass is 9.96. The van der Waals surface area contributed by atoms with Crippen molar-refractivity contribution in [1.82, 2.24) is 10.2 Å². The molecule has 1 aliphatic heterocycles. The van der Waals surface area contributed by atoms with Crippen molar-refractivity contribution in [2.75, 3.05) is 38.1 Å². The Morgan fingerprint density at radius 3 is 2.29 bits per heavy atom. The number of para-hydroxylation sites is 2. The van der Waals surface area contributed by atoms with Crippen LogP contribution in [-0.2, 0) is 9.59 Å². The van der Waals surface area contributed by atoms with Crippen LogP contribution in [0.4, 0.5) is 5.69 Å². The number of benzene rings is 2. The van der Waals surface area contributed by atoms with Crippen molar-refractivity contribution < 1.29 is 14.3 Å². The van der Waals surface area contributed by atoms with Gasteiger partial charge in [0.1, 0.15) is 12.4 Å². The molecule has 1 heterocycles. The highest BCUT2D eigenvalue weighted by Crippen LogP contribution is 2.19. The number of ether oxygens (including phenoxy) is 1. The first kappa shape index (κ1) is 19.9. The van der Waals surface area contributed by atoms with Crippen LogP contribution < -0.4 is 15.4 Å². The van der Waals surface area contributed by atoms with Crippen molar-refractivity contribution in [1.29, 1.82) is 0 Å². The number of hydrogen-bond donors (Lipinski definition) is 2. The van der Waals surface area contributed by atoms with E-state index in [2.05, 4.69) is 15.5 Å². The van der Waals surface area contributed by atoms with Crippen LogP contribution in [0.3, 0.4) is 0 Å². The van der Waals surface area contributed by atoms with Crippen LogP contribution in [0.1, 0.15) is 12.8 Å². The number of anilines is 1. The highest BCUT2D eigenvalue weighted by atomic mass is 16.5. The van der Waals surface area contributed by atoms with Crippen molar-refractivity contribution in [3.8, 4) is 5.75 Å². The largest absolute Gasteiger partial charge is 0.492 e. The van der Waals surface area contributed by atoms with E-state index in [4.69, 9.17) is 4.74 Å². The van der Waals surface area contributed by atoms with Gasteiger partial charge >= 0.3 is 0 Å². The molecule has 0 bridgehead atoms. The molecule has 0 atom stereocenters. The summed E-state index contributed by atoms with van der Waals surface area (Å²) in [4.78, 5) is 26.6. The molecule has 2 aromatic rings. The summed E-state index contributed by atoms with van der Waals surface area (Å²) in [5, 5.41) is 5.85. The Labute approximate surface area is 165 Å². The summed E-state index contributed by atoms with van der Waals surface area (Å²) in [6.07, 6.45) is 1.53. The predicted octanol–water partition coefficient (Wildman–Crippen LogP) is 2.53. The summed E-state index contributed by atoms with van der Waals surface area (Å²) in [5.41, 5.74) is 0.826. The summed E-state index contributed by atoms with van der Waals surface area (Å²) >= 11 is 0. The van der Waals surface area contributed by atoms with E-state index in [0.717, 1.165) is 37.4 Å². The van der Waals surface area contributed by atoms with Gasteiger partial charge in [-0.2, -0.15) is 0 Å². The summed E-state index contributed by atoms with van der Waals surface area (Å²) in [5.74, 6) is 0.851. The van der Waals surface area contributed by atoms with E-state index in [1.165, 1.54) is 0 Å². The average Bonchev–Trinajstić information content (AvgIpc) is 2.73. The van der Waals surface area contributed by atoms with E-state index in [9.17, 15) is 9.59 Å². The summed E-state index contributed by atoms with van der Waals surface area (Å²) in [7, 11) is 0. The van der Waals surface area contributed by atoms with Gasteiger partial charge in [0.15, 0.2) is 0 Å². The molecule has 0 aliphatic carbocycles. The van der Waals surface area contributed by atoms with Crippen molar-refractivity contribution in [3.05, 3.63) is 60.7 Å². The maximum absolute atomic E-state index is 12.4. The topological polar surface area (TPSA) is 70.7 Å². The molecular formula is C22H27N3O3.